The van der Waals surface area contributed by atoms with Gasteiger partial charge in [-0.05, 0) is 140 Å². The van der Waals surface area contributed by atoms with Crippen LogP contribution in [0.3, 0.4) is 0 Å². The molecule has 1 heteroatoms. The summed E-state index contributed by atoms with van der Waals surface area (Å²) in [5.41, 5.74) is 23.6. The van der Waals surface area contributed by atoms with Crippen LogP contribution in [-0.2, 0) is 10.8 Å². The highest BCUT2D eigenvalue weighted by Gasteiger charge is 2.43. The van der Waals surface area contributed by atoms with Crippen LogP contribution < -0.4 is 4.90 Å². The fourth-order valence-electron chi connectivity index (χ4n) is 11.0. The summed E-state index contributed by atoms with van der Waals surface area (Å²) in [6.45, 7) is 12.0. The van der Waals surface area contributed by atoms with Gasteiger partial charge in [0.2, 0.25) is 0 Å². The normalized spacial score (nSPS) is 18.9. The molecule has 1 unspecified atom stereocenters. The maximum Gasteiger partial charge on any atom is 0.0462 e. The second kappa shape index (κ2) is 14.5. The van der Waals surface area contributed by atoms with Crippen molar-refractivity contribution < 1.29 is 0 Å². The third kappa shape index (κ3) is 6.20. The average molecular weight is 800 g/mol. The van der Waals surface area contributed by atoms with Crippen molar-refractivity contribution in [2.24, 2.45) is 5.41 Å². The topological polar surface area (TPSA) is 3.24 Å². The first-order chi connectivity index (χ1) is 30.1. The van der Waals surface area contributed by atoms with Gasteiger partial charge in [-0.1, -0.05) is 192 Å². The number of benzene rings is 7. The molecule has 0 spiro atoms. The highest BCUT2D eigenvalue weighted by molar-refractivity contribution is 5.85. The fourth-order valence-corrected chi connectivity index (χ4v) is 11.0. The van der Waals surface area contributed by atoms with Gasteiger partial charge in [-0.2, -0.15) is 0 Å². The minimum absolute atomic E-state index is 0.0361. The summed E-state index contributed by atoms with van der Waals surface area (Å²) in [4.78, 5) is 2.41. The molecule has 302 valence electrons. The molecule has 0 aromatic heterocycles. The zero-order chi connectivity index (χ0) is 42.2. The first kappa shape index (κ1) is 38.2. The van der Waals surface area contributed by atoms with E-state index >= 15 is 0 Å². The zero-order valence-electron chi connectivity index (χ0n) is 36.5. The van der Waals surface area contributed by atoms with Crippen molar-refractivity contribution in [3.63, 3.8) is 0 Å². The number of rotatable bonds is 7. The Morgan fingerprint density at radius 3 is 1.63 bits per heavy atom. The molecule has 0 aliphatic heterocycles. The van der Waals surface area contributed by atoms with Crippen LogP contribution in [0.5, 0.6) is 0 Å². The third-order valence-electron chi connectivity index (χ3n) is 14.7. The molecule has 0 saturated carbocycles. The molecule has 62 heavy (non-hydrogen) atoms. The lowest BCUT2D eigenvalue weighted by Crippen LogP contribution is -2.25. The summed E-state index contributed by atoms with van der Waals surface area (Å²) in [7, 11) is 0. The molecule has 0 amide bonds. The van der Waals surface area contributed by atoms with Crippen LogP contribution in [0.15, 0.2) is 216 Å². The van der Waals surface area contributed by atoms with Gasteiger partial charge in [0.05, 0.1) is 0 Å². The smallest absolute Gasteiger partial charge is 0.0462 e. The molecule has 11 rings (SSSR count). The molecule has 0 saturated heterocycles. The molecule has 1 atom stereocenters. The van der Waals surface area contributed by atoms with E-state index in [4.69, 9.17) is 0 Å². The molecule has 0 fully saturated rings. The molecule has 1 nitrogen and oxygen atoms in total. The van der Waals surface area contributed by atoms with Gasteiger partial charge in [-0.15, -0.1) is 0 Å². The van der Waals surface area contributed by atoms with Gasteiger partial charge in [0.25, 0.3) is 0 Å². The second-order valence-corrected chi connectivity index (χ2v) is 19.1. The Kier molecular flexibility index (Phi) is 8.92. The van der Waals surface area contributed by atoms with E-state index in [-0.39, 0.29) is 16.2 Å². The molecule has 0 heterocycles. The van der Waals surface area contributed by atoms with Crippen LogP contribution >= 0.6 is 0 Å². The minimum Gasteiger partial charge on any atom is -0.311 e. The Balaban J connectivity index is 0.930. The van der Waals surface area contributed by atoms with Gasteiger partial charge >= 0.3 is 0 Å². The van der Waals surface area contributed by atoms with Crippen molar-refractivity contribution >= 4 is 17.1 Å². The maximum atomic E-state index is 2.60. The van der Waals surface area contributed by atoms with Crippen LogP contribution in [0.1, 0.15) is 70.6 Å². The molecule has 4 aliphatic carbocycles. The summed E-state index contributed by atoms with van der Waals surface area (Å²) in [5, 5.41) is 0. The van der Waals surface area contributed by atoms with Crippen molar-refractivity contribution in [1.29, 1.82) is 0 Å². The fraction of sp³-hybridized carbons (Fsp3) is 0.180. The highest BCUT2D eigenvalue weighted by atomic mass is 15.1. The van der Waals surface area contributed by atoms with E-state index in [1.807, 2.05) is 0 Å². The Morgan fingerprint density at radius 2 is 0.984 bits per heavy atom. The van der Waals surface area contributed by atoms with E-state index in [0.717, 1.165) is 36.3 Å². The number of hydrogen-bond donors (Lipinski definition) is 0. The molecule has 7 aromatic carbocycles. The van der Waals surface area contributed by atoms with Crippen LogP contribution in [0.25, 0.3) is 44.5 Å². The lowest BCUT2D eigenvalue weighted by atomic mass is 9.69. The summed E-state index contributed by atoms with van der Waals surface area (Å²) < 4.78 is 0. The van der Waals surface area contributed by atoms with Gasteiger partial charge in [0.15, 0.2) is 0 Å². The Labute approximate surface area is 368 Å². The van der Waals surface area contributed by atoms with E-state index in [1.165, 1.54) is 77.9 Å². The average Bonchev–Trinajstić information content (AvgIpc) is 3.68. The van der Waals surface area contributed by atoms with Gasteiger partial charge in [0, 0.05) is 33.3 Å². The van der Waals surface area contributed by atoms with Crippen LogP contribution in [0.2, 0.25) is 0 Å². The van der Waals surface area contributed by atoms with Gasteiger partial charge < -0.3 is 4.90 Å². The summed E-state index contributed by atoms with van der Waals surface area (Å²) in [6.07, 6.45) is 13.2. The first-order valence-electron chi connectivity index (χ1n) is 22.4. The molecule has 0 radical (unpaired) electrons. The molecule has 7 aromatic rings. The number of allylic oxidation sites excluding steroid dienone is 8. The van der Waals surface area contributed by atoms with Gasteiger partial charge in [0.1, 0.15) is 0 Å². The molecular weight excluding hydrogens is 747 g/mol. The number of anilines is 3. The lowest BCUT2D eigenvalue weighted by Gasteiger charge is -2.35. The lowest BCUT2D eigenvalue weighted by molar-refractivity contribution is 0.510. The molecule has 4 aliphatic rings. The second-order valence-electron chi connectivity index (χ2n) is 19.1. The summed E-state index contributed by atoms with van der Waals surface area (Å²) in [5.74, 6) is 0. The number of nitrogens with zero attached hydrogens (tertiary/aromatic N) is 1. The number of fused-ring (bicyclic) bond motifs is 5. The van der Waals surface area contributed by atoms with Crippen molar-refractivity contribution in [2.75, 3.05) is 4.90 Å². The van der Waals surface area contributed by atoms with Crippen molar-refractivity contribution in [2.45, 2.75) is 64.7 Å². The summed E-state index contributed by atoms with van der Waals surface area (Å²) >= 11 is 0. The highest BCUT2D eigenvalue weighted by Crippen LogP contribution is 2.57. The van der Waals surface area contributed by atoms with Crippen LogP contribution in [0.4, 0.5) is 17.1 Å². The predicted octanol–water partition coefficient (Wildman–Crippen LogP) is 16.7. The molecule has 0 bridgehead atoms. The number of hydrogen-bond acceptors (Lipinski definition) is 1. The first-order valence-corrected chi connectivity index (χ1v) is 22.4. The SMILES string of the molecule is CC1(C)C2=CC(C)(c3ccc(N(c4ccc(-c5ccc(-c6ccccc6)cc5)cc4)c4ccc(-c5ccc6c(c5)C(C)(C)c5ccccc5-6)cc4)cc3)CC=C2C2=C1CCC=C2. The summed E-state index contributed by atoms with van der Waals surface area (Å²) in [6, 6.07) is 63.1. The van der Waals surface area contributed by atoms with E-state index in [1.54, 1.807) is 5.57 Å². The minimum atomic E-state index is -0.0804. The molecule has 0 N–H and O–H groups in total. The van der Waals surface area contributed by atoms with Crippen LogP contribution in [-0.4, -0.2) is 0 Å². The Bertz CT molecular complexity index is 2990. The standard InChI is InChI=1S/C61H53N/c1-59(2)55-17-11-9-15-51(55)53-36-27-46(39-57(53)59)45-25-32-49(33-26-45)62(48-30-23-44(24-31-48)43-21-19-42(20-22-43)41-13-7-6-8-14-41)50-34-28-47(29-35-50)61(5)38-37-54-52-16-10-12-18-56(52)60(3,4)58(54)40-61/h6-11,13-17,19-37,39-40H,12,18,38H2,1-5H3. The van der Waals surface area contributed by atoms with E-state index in [0.29, 0.717) is 0 Å². The van der Waals surface area contributed by atoms with E-state index < -0.39 is 0 Å². The Morgan fingerprint density at radius 1 is 0.468 bits per heavy atom. The predicted molar refractivity (Wildman–Crippen MR) is 262 cm³/mol. The molecular formula is C61H53N. The van der Waals surface area contributed by atoms with Gasteiger partial charge in [-0.25, -0.2) is 0 Å². The van der Waals surface area contributed by atoms with Crippen molar-refractivity contribution in [3.05, 3.63) is 233 Å². The van der Waals surface area contributed by atoms with Crippen molar-refractivity contribution in [3.8, 4) is 44.5 Å². The van der Waals surface area contributed by atoms with Crippen LogP contribution in [0, 0.1) is 5.41 Å². The van der Waals surface area contributed by atoms with Crippen molar-refractivity contribution in [1.82, 2.24) is 0 Å². The van der Waals surface area contributed by atoms with E-state index in [9.17, 15) is 0 Å². The zero-order valence-corrected chi connectivity index (χ0v) is 36.5. The quantitative estimate of drug-likeness (QED) is 0.155. The monoisotopic (exact) mass is 799 g/mol. The largest absolute Gasteiger partial charge is 0.311 e. The third-order valence-corrected chi connectivity index (χ3v) is 14.7. The van der Waals surface area contributed by atoms with E-state index in [2.05, 4.69) is 234 Å². The Hall–Kier alpha value is -6.70. The maximum absolute atomic E-state index is 2.60. The van der Waals surface area contributed by atoms with Gasteiger partial charge in [-0.3, -0.25) is 0 Å².